The Morgan fingerprint density at radius 2 is 2.00 bits per heavy atom. The van der Waals surface area contributed by atoms with Gasteiger partial charge < -0.3 is 10.6 Å². The van der Waals surface area contributed by atoms with Gasteiger partial charge in [-0.3, -0.25) is 0 Å². The van der Waals surface area contributed by atoms with E-state index >= 15 is 0 Å². The first-order chi connectivity index (χ1) is 9.04. The van der Waals surface area contributed by atoms with Gasteiger partial charge in [-0.1, -0.05) is 29.8 Å². The van der Waals surface area contributed by atoms with E-state index in [0.29, 0.717) is 0 Å². The Balaban J connectivity index is 1.91. The molecule has 0 aliphatic rings. The Morgan fingerprint density at radius 3 is 2.58 bits per heavy atom. The van der Waals surface area contributed by atoms with Crippen LogP contribution in [0.1, 0.15) is 22.7 Å². The number of benzene rings is 1. The van der Waals surface area contributed by atoms with Gasteiger partial charge in [-0.05, 0) is 52.5 Å². The molecule has 0 spiro atoms. The molecule has 0 fully saturated rings. The van der Waals surface area contributed by atoms with Gasteiger partial charge in [-0.25, -0.2) is 0 Å². The van der Waals surface area contributed by atoms with Crippen molar-refractivity contribution in [3.63, 3.8) is 0 Å². The molecular weight excluding hydrogens is 320 g/mol. The molecule has 0 aliphatic heterocycles. The van der Waals surface area contributed by atoms with Crippen molar-refractivity contribution in [2.75, 3.05) is 13.6 Å². The van der Waals surface area contributed by atoms with Crippen LogP contribution < -0.4 is 5.73 Å². The van der Waals surface area contributed by atoms with Crippen molar-refractivity contribution in [3.8, 4) is 0 Å². The van der Waals surface area contributed by atoms with Crippen LogP contribution >= 0.6 is 27.3 Å². The van der Waals surface area contributed by atoms with Gasteiger partial charge in [0.15, 0.2) is 0 Å². The molecule has 4 heteroatoms. The second-order valence-corrected chi connectivity index (χ2v) is 7.26. The fourth-order valence-electron chi connectivity index (χ4n) is 2.06. The molecule has 1 unspecified atom stereocenters. The van der Waals surface area contributed by atoms with Crippen LogP contribution in [-0.2, 0) is 6.54 Å². The van der Waals surface area contributed by atoms with Gasteiger partial charge in [0, 0.05) is 19.1 Å². The second kappa shape index (κ2) is 6.66. The number of rotatable bonds is 5. The Kier molecular flexibility index (Phi) is 5.16. The molecule has 0 amide bonds. The lowest BCUT2D eigenvalue weighted by Gasteiger charge is -2.21. The van der Waals surface area contributed by atoms with Crippen LogP contribution in [0.3, 0.4) is 0 Å². The Labute approximate surface area is 127 Å². The number of aryl methyl sites for hydroxylation is 1. The van der Waals surface area contributed by atoms with Crippen LogP contribution in [0.15, 0.2) is 39.5 Å². The molecule has 102 valence electrons. The van der Waals surface area contributed by atoms with Crippen LogP contribution in [0.2, 0.25) is 0 Å². The minimum Gasteiger partial charge on any atom is -0.323 e. The molecule has 2 rings (SSSR count). The normalized spacial score (nSPS) is 12.9. The molecule has 0 saturated heterocycles. The summed E-state index contributed by atoms with van der Waals surface area (Å²) >= 11 is 5.21. The molecule has 1 aromatic heterocycles. The maximum atomic E-state index is 6.26. The smallest absolute Gasteiger partial charge is 0.0701 e. The zero-order valence-corrected chi connectivity index (χ0v) is 13.7. The first kappa shape index (κ1) is 14.7. The number of nitrogens with two attached hydrogens (primary N) is 1. The molecule has 0 saturated carbocycles. The number of halogens is 1. The molecule has 0 aliphatic carbocycles. The van der Waals surface area contributed by atoms with E-state index in [1.54, 1.807) is 11.3 Å². The third-order valence-electron chi connectivity index (χ3n) is 3.09. The van der Waals surface area contributed by atoms with Crippen LogP contribution in [-0.4, -0.2) is 18.5 Å². The van der Waals surface area contributed by atoms with E-state index in [1.807, 2.05) is 0 Å². The maximum absolute atomic E-state index is 6.26. The van der Waals surface area contributed by atoms with Crippen LogP contribution in [0.5, 0.6) is 0 Å². The van der Waals surface area contributed by atoms with Crippen LogP contribution in [0.4, 0.5) is 0 Å². The zero-order chi connectivity index (χ0) is 13.8. The van der Waals surface area contributed by atoms with Crippen molar-refractivity contribution in [1.29, 1.82) is 0 Å². The minimum absolute atomic E-state index is 0.0627. The van der Waals surface area contributed by atoms with Crippen molar-refractivity contribution < 1.29 is 0 Å². The predicted molar refractivity (Wildman–Crippen MR) is 86.5 cm³/mol. The lowest BCUT2D eigenvalue weighted by atomic mass is 10.1. The van der Waals surface area contributed by atoms with E-state index in [9.17, 15) is 0 Å². The number of hydrogen-bond acceptors (Lipinski definition) is 3. The van der Waals surface area contributed by atoms with Crippen LogP contribution in [0.25, 0.3) is 0 Å². The van der Waals surface area contributed by atoms with Gasteiger partial charge >= 0.3 is 0 Å². The van der Waals surface area contributed by atoms with Gasteiger partial charge in [0.1, 0.15) is 0 Å². The first-order valence-corrected chi connectivity index (χ1v) is 7.95. The van der Waals surface area contributed by atoms with E-state index in [1.165, 1.54) is 20.5 Å². The van der Waals surface area contributed by atoms with Crippen molar-refractivity contribution >= 4 is 27.3 Å². The molecule has 1 heterocycles. The summed E-state index contributed by atoms with van der Waals surface area (Å²) in [5, 5.41) is 2.18. The van der Waals surface area contributed by atoms with Gasteiger partial charge in [0.2, 0.25) is 0 Å². The number of nitrogens with zero attached hydrogens (tertiary/aromatic N) is 1. The maximum Gasteiger partial charge on any atom is 0.0701 e. The van der Waals surface area contributed by atoms with E-state index in [4.69, 9.17) is 5.73 Å². The van der Waals surface area contributed by atoms with Crippen LogP contribution in [0, 0.1) is 6.92 Å². The summed E-state index contributed by atoms with van der Waals surface area (Å²) in [5.41, 5.74) is 10.1. The van der Waals surface area contributed by atoms with E-state index in [2.05, 4.69) is 70.5 Å². The zero-order valence-electron chi connectivity index (χ0n) is 11.3. The quantitative estimate of drug-likeness (QED) is 0.894. The van der Waals surface area contributed by atoms with Gasteiger partial charge in [0.25, 0.3) is 0 Å². The summed E-state index contributed by atoms with van der Waals surface area (Å²) in [5.74, 6) is 0. The average Bonchev–Trinajstić information content (AvgIpc) is 2.75. The average molecular weight is 339 g/mol. The Bertz CT molecular complexity index is 521. The first-order valence-electron chi connectivity index (χ1n) is 6.28. The van der Waals surface area contributed by atoms with Crippen molar-refractivity contribution in [2.45, 2.75) is 19.5 Å². The third kappa shape index (κ3) is 4.42. The third-order valence-corrected chi connectivity index (χ3v) is 4.64. The fourth-order valence-corrected chi connectivity index (χ4v) is 3.26. The SMILES string of the molecule is Cc1ccc(C(N)CN(C)Cc2csc(Br)c2)cc1. The highest BCUT2D eigenvalue weighted by molar-refractivity contribution is 9.11. The Morgan fingerprint density at radius 1 is 1.32 bits per heavy atom. The molecule has 2 N–H and O–H groups in total. The summed E-state index contributed by atoms with van der Waals surface area (Å²) in [6, 6.07) is 10.7. The largest absolute Gasteiger partial charge is 0.323 e. The summed E-state index contributed by atoms with van der Waals surface area (Å²) in [6.45, 7) is 3.88. The highest BCUT2D eigenvalue weighted by atomic mass is 79.9. The molecule has 19 heavy (non-hydrogen) atoms. The topological polar surface area (TPSA) is 29.3 Å². The molecule has 0 bridgehead atoms. The molecule has 2 nitrogen and oxygen atoms in total. The lowest BCUT2D eigenvalue weighted by molar-refractivity contribution is 0.305. The standard InChI is InChI=1S/C15H19BrN2S/c1-11-3-5-13(6-4-11)14(17)9-18(2)8-12-7-15(16)19-10-12/h3-7,10,14H,8-9,17H2,1-2H3. The van der Waals surface area contributed by atoms with Crippen molar-refractivity contribution in [2.24, 2.45) is 5.73 Å². The Hall–Kier alpha value is -0.680. The van der Waals surface area contributed by atoms with Crippen molar-refractivity contribution in [1.82, 2.24) is 4.90 Å². The molecular formula is C15H19BrN2S. The summed E-state index contributed by atoms with van der Waals surface area (Å²) in [4.78, 5) is 2.26. The highest BCUT2D eigenvalue weighted by Crippen LogP contribution is 2.22. The monoisotopic (exact) mass is 338 g/mol. The lowest BCUT2D eigenvalue weighted by Crippen LogP contribution is -2.28. The molecule has 1 atom stereocenters. The molecule has 1 aromatic carbocycles. The fraction of sp³-hybridized carbons (Fsp3) is 0.333. The highest BCUT2D eigenvalue weighted by Gasteiger charge is 2.10. The predicted octanol–water partition coefficient (Wildman–Crippen LogP) is 3.95. The van der Waals surface area contributed by atoms with E-state index in [-0.39, 0.29) is 6.04 Å². The summed E-state index contributed by atoms with van der Waals surface area (Å²) in [6.07, 6.45) is 0. The summed E-state index contributed by atoms with van der Waals surface area (Å²) in [7, 11) is 2.11. The van der Waals surface area contributed by atoms with Gasteiger partial charge in [0.05, 0.1) is 3.79 Å². The summed E-state index contributed by atoms with van der Waals surface area (Å²) < 4.78 is 1.18. The minimum atomic E-state index is 0.0627. The van der Waals surface area contributed by atoms with Gasteiger partial charge in [-0.2, -0.15) is 0 Å². The number of likely N-dealkylation sites (N-methyl/N-ethyl adjacent to an activating group) is 1. The van der Waals surface area contributed by atoms with E-state index in [0.717, 1.165) is 13.1 Å². The molecule has 2 aromatic rings. The number of hydrogen-bond donors (Lipinski definition) is 1. The number of thiophene rings is 1. The second-order valence-electron chi connectivity index (χ2n) is 4.97. The van der Waals surface area contributed by atoms with Crippen molar-refractivity contribution in [3.05, 3.63) is 56.2 Å². The molecule has 0 radical (unpaired) electrons. The van der Waals surface area contributed by atoms with E-state index < -0.39 is 0 Å². The van der Waals surface area contributed by atoms with Gasteiger partial charge in [-0.15, -0.1) is 11.3 Å².